The van der Waals surface area contributed by atoms with Crippen molar-refractivity contribution in [3.63, 3.8) is 0 Å². The van der Waals surface area contributed by atoms with Crippen molar-refractivity contribution in [2.75, 3.05) is 59.8 Å². The van der Waals surface area contributed by atoms with Crippen LogP contribution >= 0.6 is 7.82 Å². The molecule has 0 amide bonds. The summed E-state index contributed by atoms with van der Waals surface area (Å²) in [6.07, 6.45) is -0.453. The Kier molecular flexibility index (Phi) is 30.1. The topological polar surface area (TPSA) is 247 Å². The van der Waals surface area contributed by atoms with Crippen LogP contribution in [0.4, 0.5) is 0 Å². The fourth-order valence-electron chi connectivity index (χ4n) is 6.45. The first kappa shape index (κ1) is 53.6. The van der Waals surface area contributed by atoms with E-state index >= 15 is 0 Å². The summed E-state index contributed by atoms with van der Waals surface area (Å²) in [6.45, 7) is 11.0. The Morgan fingerprint density at radius 2 is 1.11 bits per heavy atom. The van der Waals surface area contributed by atoms with Crippen LogP contribution in [0.15, 0.2) is 0 Å². The van der Waals surface area contributed by atoms with Gasteiger partial charge >= 0.3 is 7.82 Å². The number of nitrogens with zero attached hydrogens (tertiary/aromatic N) is 1. The monoisotopic (exact) mass is 836 g/mol. The van der Waals surface area contributed by atoms with Gasteiger partial charge in [-0.2, -0.15) is 0 Å². The van der Waals surface area contributed by atoms with Gasteiger partial charge in [0.05, 0.1) is 26.4 Å². The summed E-state index contributed by atoms with van der Waals surface area (Å²) in [7, 11) is -3.52. The quantitative estimate of drug-likeness (QED) is 0.0383. The maximum absolute atomic E-state index is 12.7. The lowest BCUT2D eigenvalue weighted by molar-refractivity contribution is -0.353. The van der Waals surface area contributed by atoms with Crippen molar-refractivity contribution in [2.24, 2.45) is 0 Å². The third kappa shape index (κ3) is 20.7. The van der Waals surface area contributed by atoms with Crippen molar-refractivity contribution >= 4 is 7.82 Å². The van der Waals surface area contributed by atoms with E-state index in [4.69, 9.17) is 32.7 Å². The van der Waals surface area contributed by atoms with Crippen LogP contribution in [0.25, 0.3) is 0 Å². The van der Waals surface area contributed by atoms with Crippen LogP contribution < -0.4 is 0 Å². The maximum Gasteiger partial charge on any atom is 0.474 e. The largest absolute Gasteiger partial charge is 0.474 e. The second-order valence-corrected chi connectivity index (χ2v) is 15.9. The number of hydrogen-bond acceptors (Lipinski definition) is 16. The van der Waals surface area contributed by atoms with Gasteiger partial charge in [0.15, 0.2) is 12.6 Å². The Labute approximate surface area is 335 Å². The molecule has 0 spiro atoms. The lowest BCUT2D eigenvalue weighted by Crippen LogP contribution is -2.64. The molecule has 3 unspecified atom stereocenters. The molecule has 0 bridgehead atoms. The molecule has 18 heteroatoms. The third-order valence-electron chi connectivity index (χ3n) is 10.2. The first-order chi connectivity index (χ1) is 26.8. The van der Waals surface area contributed by atoms with E-state index in [9.17, 15) is 45.2 Å². The van der Waals surface area contributed by atoms with Gasteiger partial charge in [-0.25, -0.2) is 4.57 Å². The minimum Gasteiger partial charge on any atom is -0.394 e. The predicted molar refractivity (Wildman–Crippen MR) is 209 cm³/mol. The molecule has 12 atom stereocenters. The molecule has 0 aromatic heterocycles. The van der Waals surface area contributed by atoms with Crippen LogP contribution in [-0.2, 0) is 37.3 Å². The summed E-state index contributed by atoms with van der Waals surface area (Å²) >= 11 is 0. The first-order valence-electron chi connectivity index (χ1n) is 20.9. The van der Waals surface area contributed by atoms with E-state index in [-0.39, 0.29) is 6.61 Å². The van der Waals surface area contributed by atoms with Crippen molar-refractivity contribution in [3.8, 4) is 0 Å². The highest BCUT2D eigenvalue weighted by Gasteiger charge is 2.52. The minimum absolute atomic E-state index is 0.0970. The van der Waals surface area contributed by atoms with Crippen LogP contribution in [0.1, 0.15) is 118 Å². The third-order valence-corrected chi connectivity index (χ3v) is 11.2. The number of phosphoric acid groups is 1. The highest BCUT2D eigenvalue weighted by atomic mass is 31.2. The second kappa shape index (κ2) is 31.5. The molecule has 8 N–H and O–H groups in total. The zero-order valence-corrected chi connectivity index (χ0v) is 35.5. The molecular formula is C38H78NO16P. The van der Waals surface area contributed by atoms with E-state index in [1.165, 1.54) is 97.4 Å². The lowest BCUT2D eigenvalue weighted by atomic mass is 9.97. The number of phosphoric ester groups is 1. The number of rotatable bonds is 30. The summed E-state index contributed by atoms with van der Waals surface area (Å²) in [4.78, 5) is 12.7. The molecule has 0 radical (unpaired) electrons. The number of unbranched alkanes of at least 4 members (excludes halogenated alkanes) is 13. The van der Waals surface area contributed by atoms with Gasteiger partial charge in [-0.15, -0.1) is 0 Å². The van der Waals surface area contributed by atoms with E-state index in [0.29, 0.717) is 6.61 Å². The Bertz CT molecular complexity index is 977. The molecule has 0 saturated carbocycles. The van der Waals surface area contributed by atoms with Gasteiger partial charge in [0.2, 0.25) is 0 Å². The van der Waals surface area contributed by atoms with Crippen LogP contribution in [0, 0.1) is 0 Å². The van der Waals surface area contributed by atoms with E-state index in [1.54, 1.807) is 0 Å². The fourth-order valence-corrected chi connectivity index (χ4v) is 7.30. The van der Waals surface area contributed by atoms with Gasteiger partial charge in [0, 0.05) is 13.7 Å². The van der Waals surface area contributed by atoms with Gasteiger partial charge in [-0.3, -0.25) is 9.05 Å². The fraction of sp³-hybridized carbons (Fsp3) is 1.00. The van der Waals surface area contributed by atoms with Gasteiger partial charge < -0.3 is 69.2 Å². The van der Waals surface area contributed by atoms with E-state index in [0.717, 1.165) is 19.3 Å². The molecule has 2 fully saturated rings. The van der Waals surface area contributed by atoms with E-state index in [2.05, 4.69) is 32.6 Å². The molecule has 336 valence electrons. The standard InChI is InChI=1S/C32H63O16P.C6H15N/c1-3-4-5-6-7-8-9-10-11-12-13-14-15-16-17-43-20-22(42-2)21-44-49(40,41)48-32-29(39)27(37)30(24(19-34)46-32)47-31-28(38)26(36)25(35)23(18-33)45-31;1-4-7(5-2)6-3/h22-39H,3-21H2,1-2H3,(H,40,41);4-6H2,1-3H3/t22?,23-,24-,25-,26+,27-,28-,29-,30-,31-,32?;/m1./s1. The molecule has 2 aliphatic heterocycles. The molecule has 17 nitrogen and oxygen atoms in total. The molecule has 56 heavy (non-hydrogen) atoms. The summed E-state index contributed by atoms with van der Waals surface area (Å²) in [5.41, 5.74) is 0. The van der Waals surface area contributed by atoms with Crippen molar-refractivity contribution in [1.29, 1.82) is 0 Å². The average molecular weight is 836 g/mol. The van der Waals surface area contributed by atoms with E-state index in [1.807, 2.05) is 0 Å². The number of methoxy groups -OCH3 is 1. The lowest BCUT2D eigenvalue weighted by Gasteiger charge is -2.45. The molecule has 0 aliphatic carbocycles. The minimum atomic E-state index is -4.90. The number of ether oxygens (including phenoxy) is 5. The molecule has 2 saturated heterocycles. The number of hydrogen-bond donors (Lipinski definition) is 8. The summed E-state index contributed by atoms with van der Waals surface area (Å²) in [5, 5.41) is 70.7. The summed E-state index contributed by atoms with van der Waals surface area (Å²) in [5.74, 6) is 0. The Morgan fingerprint density at radius 3 is 1.57 bits per heavy atom. The molecule has 0 aromatic rings. The maximum atomic E-state index is 12.7. The van der Waals surface area contributed by atoms with Crippen molar-refractivity contribution in [2.45, 2.75) is 185 Å². The van der Waals surface area contributed by atoms with Crippen LogP contribution in [0.2, 0.25) is 0 Å². The van der Waals surface area contributed by atoms with Gasteiger partial charge in [0.1, 0.15) is 54.9 Å². The number of aliphatic hydroxyl groups excluding tert-OH is 7. The van der Waals surface area contributed by atoms with Crippen molar-refractivity contribution in [1.82, 2.24) is 4.90 Å². The Balaban J connectivity index is 0.00000203. The van der Waals surface area contributed by atoms with Gasteiger partial charge in [-0.05, 0) is 26.1 Å². The molecule has 2 rings (SSSR count). The smallest absolute Gasteiger partial charge is 0.394 e. The number of aliphatic hydroxyl groups is 7. The normalized spacial score (nSPS) is 29.8. The molecule has 2 heterocycles. The van der Waals surface area contributed by atoms with Gasteiger partial charge in [-0.1, -0.05) is 111 Å². The highest BCUT2D eigenvalue weighted by molar-refractivity contribution is 7.47. The first-order valence-corrected chi connectivity index (χ1v) is 22.4. The van der Waals surface area contributed by atoms with Crippen LogP contribution in [0.3, 0.4) is 0 Å². The second-order valence-electron chi connectivity index (χ2n) is 14.5. The molecule has 0 aromatic carbocycles. The zero-order chi connectivity index (χ0) is 41.9. The Hall–Kier alpha value is -0.410. The summed E-state index contributed by atoms with van der Waals surface area (Å²) in [6, 6.07) is 0. The van der Waals surface area contributed by atoms with Crippen LogP contribution in [-0.4, -0.2) is 173 Å². The van der Waals surface area contributed by atoms with Gasteiger partial charge in [0.25, 0.3) is 0 Å². The molecule has 2 aliphatic rings. The SMILES string of the molecule is CCCCCCCCCCCCCCCCOCC(COP(=O)(O)OC1O[C@H](CO)[C@@H](O[C@H]2O[C@H](CO)[C@@H](O)[C@H](O)[C@H]2O)[C@H](O)[C@H]1O)OC.CCN(CC)CC. The van der Waals surface area contributed by atoms with Crippen LogP contribution in [0.5, 0.6) is 0 Å². The highest BCUT2D eigenvalue weighted by Crippen LogP contribution is 2.47. The van der Waals surface area contributed by atoms with E-state index < -0.39 is 95.2 Å². The predicted octanol–water partition coefficient (Wildman–Crippen LogP) is 2.61. The Morgan fingerprint density at radius 1 is 0.625 bits per heavy atom. The zero-order valence-electron chi connectivity index (χ0n) is 34.6. The summed E-state index contributed by atoms with van der Waals surface area (Å²) < 4.78 is 49.6. The van der Waals surface area contributed by atoms with Crippen molar-refractivity contribution in [3.05, 3.63) is 0 Å². The average Bonchev–Trinajstić information content (AvgIpc) is 3.19. The van der Waals surface area contributed by atoms with Crippen molar-refractivity contribution < 1.29 is 77.9 Å². The molecular weight excluding hydrogens is 757 g/mol.